The maximum atomic E-state index is 11.8. The number of carbonyl (C=O) groups is 1. The van der Waals surface area contributed by atoms with Gasteiger partial charge in [0.2, 0.25) is 0 Å². The zero-order valence-corrected chi connectivity index (χ0v) is 21.7. The summed E-state index contributed by atoms with van der Waals surface area (Å²) in [6, 6.07) is 14.1. The van der Waals surface area contributed by atoms with Crippen molar-refractivity contribution in [2.75, 3.05) is 13.1 Å². The van der Waals surface area contributed by atoms with Crippen LogP contribution in [0.5, 0.6) is 0 Å². The van der Waals surface area contributed by atoms with Crippen molar-refractivity contribution in [2.24, 2.45) is 0 Å². The van der Waals surface area contributed by atoms with Gasteiger partial charge in [0, 0.05) is 41.6 Å². The number of carbonyl (C=O) groups excluding carboxylic acids is 1. The van der Waals surface area contributed by atoms with E-state index in [2.05, 4.69) is 42.2 Å². The van der Waals surface area contributed by atoms with E-state index in [0.29, 0.717) is 0 Å². The van der Waals surface area contributed by atoms with Gasteiger partial charge in [-0.05, 0) is 80.9 Å². The molecule has 8 nitrogen and oxygen atoms in total. The number of H-pyrrole nitrogens is 2. The Morgan fingerprint density at radius 2 is 1.92 bits per heavy atom. The van der Waals surface area contributed by atoms with Crippen LogP contribution in [0.25, 0.3) is 55.2 Å². The van der Waals surface area contributed by atoms with Gasteiger partial charge in [-0.1, -0.05) is 0 Å². The number of ketones is 1. The quantitative estimate of drug-likeness (QED) is 0.258. The van der Waals surface area contributed by atoms with Crippen LogP contribution in [0.1, 0.15) is 35.0 Å². The van der Waals surface area contributed by atoms with E-state index >= 15 is 0 Å². The van der Waals surface area contributed by atoms with Gasteiger partial charge in [0.05, 0.1) is 32.4 Å². The highest BCUT2D eigenvalue weighted by Crippen LogP contribution is 2.35. The van der Waals surface area contributed by atoms with E-state index in [1.54, 1.807) is 13.1 Å². The number of thiophene rings is 1. The Kier molecular flexibility index (Phi) is 5.60. The molecule has 1 saturated heterocycles. The molecular weight excluding hydrogens is 494 g/mol. The highest BCUT2D eigenvalue weighted by atomic mass is 32.1. The topological polar surface area (TPSA) is 103 Å². The Balaban J connectivity index is 1.27. The third-order valence-electron chi connectivity index (χ3n) is 7.09. The minimum atomic E-state index is 0.0600. The zero-order chi connectivity index (χ0) is 25.6. The van der Waals surface area contributed by atoms with E-state index in [1.165, 1.54) is 29.7 Å². The second kappa shape index (κ2) is 9.27. The molecule has 0 radical (unpaired) electrons. The average Bonchev–Trinajstić information content (AvgIpc) is 3.74. The number of pyridine rings is 3. The number of hydrogen-bond acceptors (Lipinski definition) is 7. The highest BCUT2D eigenvalue weighted by Gasteiger charge is 2.18. The van der Waals surface area contributed by atoms with Crippen LogP contribution in [-0.4, -0.2) is 53.9 Å². The van der Waals surface area contributed by atoms with Crippen LogP contribution < -0.4 is 0 Å². The molecule has 1 aliphatic rings. The van der Waals surface area contributed by atoms with Gasteiger partial charge in [0.15, 0.2) is 5.78 Å². The first-order valence-electron chi connectivity index (χ1n) is 12.7. The fourth-order valence-electron chi connectivity index (χ4n) is 5.19. The molecule has 7 heterocycles. The van der Waals surface area contributed by atoms with Gasteiger partial charge >= 0.3 is 0 Å². The molecule has 0 unspecified atom stereocenters. The van der Waals surface area contributed by atoms with Gasteiger partial charge in [-0.3, -0.25) is 24.8 Å². The van der Waals surface area contributed by atoms with E-state index < -0.39 is 0 Å². The molecule has 7 rings (SSSR count). The van der Waals surface area contributed by atoms with E-state index in [1.807, 2.05) is 42.7 Å². The molecule has 1 aliphatic heterocycles. The molecule has 6 aromatic heterocycles. The van der Waals surface area contributed by atoms with Crippen LogP contribution in [0, 0.1) is 0 Å². The van der Waals surface area contributed by atoms with Crippen LogP contribution in [0.2, 0.25) is 0 Å². The smallest absolute Gasteiger partial charge is 0.169 e. The lowest BCUT2D eigenvalue weighted by Crippen LogP contribution is -2.18. The van der Waals surface area contributed by atoms with Crippen LogP contribution in [0.3, 0.4) is 0 Å². The molecular formula is C29H25N7OS. The molecule has 6 aromatic rings. The first kappa shape index (κ1) is 22.9. The van der Waals surface area contributed by atoms with Crippen molar-refractivity contribution in [3.63, 3.8) is 0 Å². The zero-order valence-electron chi connectivity index (χ0n) is 20.9. The predicted octanol–water partition coefficient (Wildman–Crippen LogP) is 6.09. The summed E-state index contributed by atoms with van der Waals surface area (Å²) in [5, 5.41) is 8.71. The third kappa shape index (κ3) is 4.09. The van der Waals surface area contributed by atoms with E-state index in [-0.39, 0.29) is 5.78 Å². The highest BCUT2D eigenvalue weighted by molar-refractivity contribution is 7.17. The van der Waals surface area contributed by atoms with E-state index in [9.17, 15) is 4.79 Å². The fraction of sp³-hybridized carbons (Fsp3) is 0.207. The molecule has 0 saturated carbocycles. The summed E-state index contributed by atoms with van der Waals surface area (Å²) in [6.45, 7) is 4.81. The van der Waals surface area contributed by atoms with Crippen LogP contribution in [0.4, 0.5) is 0 Å². The SMILES string of the molecule is CC(=O)c1ccc(-c2nccc3[nH]c(-c4n[nH]c5ccc(-c6cncc(CN7CCCC7)c6)nc45)cc23)s1. The molecule has 0 aliphatic carbocycles. The van der Waals surface area contributed by atoms with Crippen molar-refractivity contribution < 1.29 is 4.79 Å². The number of nitrogens with one attached hydrogen (secondary N) is 2. The number of nitrogens with zero attached hydrogens (tertiary/aromatic N) is 5. The standard InChI is InChI=1S/C29H25N7OS/c1-17(37)25-6-7-26(38-25)27-20-13-24(32-22(20)8-9-31-27)29-28-23(34-35-29)5-4-21(33-28)19-12-18(14-30-15-19)16-36-10-2-3-11-36/h4-9,12-15,32H,2-3,10-11,16H2,1H3,(H,34,35). The summed E-state index contributed by atoms with van der Waals surface area (Å²) in [7, 11) is 0. The number of aromatic nitrogens is 6. The van der Waals surface area contributed by atoms with E-state index in [0.717, 1.165) is 79.7 Å². The number of fused-ring (bicyclic) bond motifs is 2. The van der Waals surface area contributed by atoms with Crippen molar-refractivity contribution in [1.29, 1.82) is 0 Å². The van der Waals surface area contributed by atoms with Gasteiger partial charge in [0.1, 0.15) is 11.2 Å². The number of hydrogen-bond donors (Lipinski definition) is 2. The molecule has 0 spiro atoms. The van der Waals surface area contributed by atoms with Gasteiger partial charge in [-0.25, -0.2) is 4.98 Å². The lowest BCUT2D eigenvalue weighted by atomic mass is 10.1. The third-order valence-corrected chi connectivity index (χ3v) is 8.29. The van der Waals surface area contributed by atoms with Crippen molar-refractivity contribution in [3.8, 4) is 33.2 Å². The van der Waals surface area contributed by atoms with Crippen molar-refractivity contribution in [2.45, 2.75) is 26.3 Å². The second-order valence-corrected chi connectivity index (χ2v) is 10.8. The van der Waals surface area contributed by atoms with Gasteiger partial charge in [-0.2, -0.15) is 5.10 Å². The molecule has 1 fully saturated rings. The lowest BCUT2D eigenvalue weighted by Gasteiger charge is -2.14. The number of Topliss-reactive ketones (excluding diaryl/α,β-unsaturated/α-hetero) is 1. The van der Waals surface area contributed by atoms with Crippen molar-refractivity contribution >= 4 is 39.1 Å². The average molecular weight is 520 g/mol. The fourth-order valence-corrected chi connectivity index (χ4v) is 6.10. The number of aromatic amines is 2. The van der Waals surface area contributed by atoms with E-state index in [4.69, 9.17) is 4.98 Å². The molecule has 38 heavy (non-hydrogen) atoms. The summed E-state index contributed by atoms with van der Waals surface area (Å²) < 4.78 is 0. The summed E-state index contributed by atoms with van der Waals surface area (Å²) in [5.41, 5.74) is 8.13. The summed E-state index contributed by atoms with van der Waals surface area (Å²) in [6.07, 6.45) is 8.15. The Morgan fingerprint density at radius 1 is 1.03 bits per heavy atom. The van der Waals surface area contributed by atoms with Crippen LogP contribution in [-0.2, 0) is 6.54 Å². The van der Waals surface area contributed by atoms with Crippen LogP contribution in [0.15, 0.2) is 61.1 Å². The maximum absolute atomic E-state index is 11.8. The molecule has 0 bridgehead atoms. The largest absolute Gasteiger partial charge is 0.353 e. The molecule has 9 heteroatoms. The Hall–Kier alpha value is -4.21. The monoisotopic (exact) mass is 519 g/mol. The minimum absolute atomic E-state index is 0.0600. The van der Waals surface area contributed by atoms with Gasteiger partial charge < -0.3 is 4.98 Å². The summed E-state index contributed by atoms with van der Waals surface area (Å²) in [5.74, 6) is 0.0600. The Morgan fingerprint density at radius 3 is 2.76 bits per heavy atom. The first-order chi connectivity index (χ1) is 18.6. The Bertz CT molecular complexity index is 1810. The lowest BCUT2D eigenvalue weighted by molar-refractivity contribution is 0.102. The minimum Gasteiger partial charge on any atom is -0.353 e. The summed E-state index contributed by atoms with van der Waals surface area (Å²) >= 11 is 1.46. The number of likely N-dealkylation sites (tertiary alicyclic amines) is 1. The molecule has 0 atom stereocenters. The van der Waals surface area contributed by atoms with Gasteiger partial charge in [0.25, 0.3) is 0 Å². The maximum Gasteiger partial charge on any atom is 0.169 e. The predicted molar refractivity (Wildman–Crippen MR) is 150 cm³/mol. The Labute approximate surface area is 222 Å². The molecule has 2 N–H and O–H groups in total. The normalized spacial score (nSPS) is 14.1. The van der Waals surface area contributed by atoms with Crippen LogP contribution >= 0.6 is 11.3 Å². The first-order valence-corrected chi connectivity index (χ1v) is 13.5. The van der Waals surface area contributed by atoms with Gasteiger partial charge in [-0.15, -0.1) is 11.3 Å². The number of rotatable bonds is 6. The van der Waals surface area contributed by atoms with Crippen molar-refractivity contribution in [1.82, 2.24) is 35.0 Å². The molecule has 188 valence electrons. The summed E-state index contributed by atoms with van der Waals surface area (Å²) in [4.78, 5) is 33.6. The second-order valence-electron chi connectivity index (χ2n) is 9.75. The van der Waals surface area contributed by atoms with Crippen molar-refractivity contribution in [3.05, 3.63) is 71.5 Å². The molecule has 0 amide bonds. The molecule has 0 aromatic carbocycles.